The lowest BCUT2D eigenvalue weighted by molar-refractivity contribution is -0.167. The van der Waals surface area contributed by atoms with Gasteiger partial charge in [-0.25, -0.2) is 0 Å². The third-order valence-corrected chi connectivity index (χ3v) is 11.5. The van der Waals surface area contributed by atoms with E-state index in [0.717, 1.165) is 116 Å². The number of hydrogen-bond acceptors (Lipinski definition) is 6. The normalized spacial score (nSPS) is 13.0. The molecular weight excluding hydrogens is 853 g/mol. The van der Waals surface area contributed by atoms with Crippen LogP contribution in [0.5, 0.6) is 0 Å². The molecule has 0 saturated heterocycles. The van der Waals surface area contributed by atoms with Gasteiger partial charge in [0.25, 0.3) is 0 Å². The fourth-order valence-corrected chi connectivity index (χ4v) is 7.26. The predicted molar refractivity (Wildman–Crippen MR) is 297 cm³/mol. The summed E-state index contributed by atoms with van der Waals surface area (Å²) in [5.41, 5.74) is 0. The molecule has 69 heavy (non-hydrogen) atoms. The van der Waals surface area contributed by atoms with E-state index < -0.39 is 6.10 Å². The summed E-state index contributed by atoms with van der Waals surface area (Å²) in [6, 6.07) is 0. The van der Waals surface area contributed by atoms with Gasteiger partial charge in [0.05, 0.1) is 0 Å². The van der Waals surface area contributed by atoms with Crippen molar-refractivity contribution in [2.24, 2.45) is 0 Å². The van der Waals surface area contributed by atoms with Crippen molar-refractivity contribution >= 4 is 17.9 Å². The number of unbranched alkanes of at least 4 members (excludes halogenated alkanes) is 18. The van der Waals surface area contributed by atoms with Crippen LogP contribution < -0.4 is 0 Å². The quantitative estimate of drug-likeness (QED) is 0.0262. The van der Waals surface area contributed by atoms with E-state index in [0.29, 0.717) is 19.3 Å². The van der Waals surface area contributed by atoms with E-state index in [2.05, 4.69) is 142 Å². The highest BCUT2D eigenvalue weighted by Crippen LogP contribution is 2.13. The summed E-state index contributed by atoms with van der Waals surface area (Å²) >= 11 is 0. The first-order valence-electron chi connectivity index (χ1n) is 28.0. The van der Waals surface area contributed by atoms with Gasteiger partial charge in [-0.1, -0.05) is 232 Å². The Morgan fingerprint density at radius 1 is 0.304 bits per heavy atom. The smallest absolute Gasteiger partial charge is 0.306 e. The van der Waals surface area contributed by atoms with Gasteiger partial charge in [0.2, 0.25) is 0 Å². The molecule has 390 valence electrons. The molecule has 0 heterocycles. The monoisotopic (exact) mass is 955 g/mol. The Hall–Kier alpha value is -4.19. The zero-order valence-corrected chi connectivity index (χ0v) is 44.5. The average molecular weight is 956 g/mol. The summed E-state index contributed by atoms with van der Waals surface area (Å²) in [5.74, 6) is -0.990. The van der Waals surface area contributed by atoms with Crippen molar-refractivity contribution in [3.63, 3.8) is 0 Å². The minimum absolute atomic E-state index is 0.104. The highest BCUT2D eigenvalue weighted by Gasteiger charge is 2.19. The second-order valence-electron chi connectivity index (χ2n) is 18.1. The maximum atomic E-state index is 12.8. The van der Waals surface area contributed by atoms with Gasteiger partial charge in [-0.3, -0.25) is 14.4 Å². The summed E-state index contributed by atoms with van der Waals surface area (Å²) in [6.45, 7) is 6.40. The Morgan fingerprint density at radius 3 is 0.942 bits per heavy atom. The van der Waals surface area contributed by atoms with E-state index in [9.17, 15) is 14.4 Å². The van der Waals surface area contributed by atoms with Gasteiger partial charge in [0, 0.05) is 19.3 Å². The minimum Gasteiger partial charge on any atom is -0.462 e. The van der Waals surface area contributed by atoms with Crippen LogP contribution in [0.3, 0.4) is 0 Å². The Morgan fingerprint density at radius 2 is 0.580 bits per heavy atom. The van der Waals surface area contributed by atoms with Crippen molar-refractivity contribution in [2.45, 2.75) is 245 Å². The Balaban J connectivity index is 4.37. The highest BCUT2D eigenvalue weighted by atomic mass is 16.6. The fraction of sp³-hybridized carbons (Fsp3) is 0.635. The summed E-state index contributed by atoms with van der Waals surface area (Å²) < 4.78 is 16.7. The lowest BCUT2D eigenvalue weighted by atomic mass is 10.1. The van der Waals surface area contributed by atoms with Gasteiger partial charge in [0.15, 0.2) is 6.10 Å². The van der Waals surface area contributed by atoms with Crippen LogP contribution in [-0.4, -0.2) is 37.2 Å². The molecule has 1 unspecified atom stereocenters. The van der Waals surface area contributed by atoms with E-state index in [1.54, 1.807) is 0 Å². The molecule has 0 bridgehead atoms. The van der Waals surface area contributed by atoms with Crippen LogP contribution in [0.15, 0.2) is 122 Å². The molecule has 0 aliphatic heterocycles. The van der Waals surface area contributed by atoms with Gasteiger partial charge in [0.1, 0.15) is 13.2 Å². The van der Waals surface area contributed by atoms with Crippen LogP contribution in [0.2, 0.25) is 0 Å². The number of hydrogen-bond donors (Lipinski definition) is 0. The molecule has 0 aromatic heterocycles. The summed E-state index contributed by atoms with van der Waals surface area (Å²) in [7, 11) is 0. The maximum absolute atomic E-state index is 12.8. The summed E-state index contributed by atoms with van der Waals surface area (Å²) in [4.78, 5) is 37.9. The molecule has 0 N–H and O–H groups in total. The first-order chi connectivity index (χ1) is 34.0. The number of carbonyl (C=O) groups is 3. The van der Waals surface area contributed by atoms with Crippen LogP contribution in [0.4, 0.5) is 0 Å². The first-order valence-corrected chi connectivity index (χ1v) is 28.0. The molecule has 0 rings (SSSR count). The van der Waals surface area contributed by atoms with Gasteiger partial charge in [-0.15, -0.1) is 0 Å². The highest BCUT2D eigenvalue weighted by molar-refractivity contribution is 5.71. The van der Waals surface area contributed by atoms with Crippen molar-refractivity contribution in [1.29, 1.82) is 0 Å². The van der Waals surface area contributed by atoms with Crippen LogP contribution in [-0.2, 0) is 28.6 Å². The molecule has 0 saturated carbocycles. The maximum Gasteiger partial charge on any atom is 0.306 e. The van der Waals surface area contributed by atoms with Gasteiger partial charge in [-0.05, 0) is 109 Å². The van der Waals surface area contributed by atoms with Gasteiger partial charge in [-0.2, -0.15) is 0 Å². The average Bonchev–Trinajstić information content (AvgIpc) is 3.35. The lowest BCUT2D eigenvalue weighted by Crippen LogP contribution is -2.30. The van der Waals surface area contributed by atoms with Crippen molar-refractivity contribution < 1.29 is 28.6 Å². The summed E-state index contributed by atoms with van der Waals surface area (Å²) in [6.07, 6.45) is 77.8. The van der Waals surface area contributed by atoms with Gasteiger partial charge < -0.3 is 14.2 Å². The van der Waals surface area contributed by atoms with Crippen molar-refractivity contribution in [1.82, 2.24) is 0 Å². The Labute approximate surface area is 424 Å². The molecule has 0 amide bonds. The number of carbonyl (C=O) groups excluding carboxylic acids is 3. The molecular formula is C63H102O6. The largest absolute Gasteiger partial charge is 0.462 e. The van der Waals surface area contributed by atoms with E-state index in [1.807, 2.05) is 0 Å². The van der Waals surface area contributed by atoms with E-state index in [1.165, 1.54) is 77.0 Å². The predicted octanol–water partition coefficient (Wildman–Crippen LogP) is 18.9. The van der Waals surface area contributed by atoms with E-state index in [-0.39, 0.29) is 37.5 Å². The molecule has 0 aliphatic rings. The third kappa shape index (κ3) is 54.6. The van der Waals surface area contributed by atoms with Crippen molar-refractivity contribution in [3.8, 4) is 0 Å². The zero-order valence-electron chi connectivity index (χ0n) is 44.5. The molecule has 6 heteroatoms. The van der Waals surface area contributed by atoms with Crippen LogP contribution >= 0.6 is 0 Å². The molecule has 6 nitrogen and oxygen atoms in total. The van der Waals surface area contributed by atoms with Crippen LogP contribution in [0.1, 0.15) is 239 Å². The standard InChI is InChI=1S/C63H102O6/c1-4-7-10-13-16-18-20-22-24-26-28-30-31-33-34-36-38-40-42-44-47-50-53-56-62(65)68-59-60(58-67-61(64)55-52-49-46-15-12-9-6-3)69-63(66)57-54-51-48-45-43-41-39-37-35-32-29-27-25-23-21-19-17-14-11-8-5-2/h7,10,16,18,21-24,27-30,33-35,37-38,40,44,47,60H,4-6,8-9,11-15,17,19-20,25-26,31-32,36,39,41-43,45-46,48-59H2,1-3H3/b10-7-,18-16-,23-21-,24-22-,29-27-,30-28-,34-33-,37-35-,40-38-,47-44-. The molecule has 0 aliphatic carbocycles. The molecule has 1 atom stereocenters. The molecule has 0 radical (unpaired) electrons. The van der Waals surface area contributed by atoms with E-state index >= 15 is 0 Å². The second-order valence-corrected chi connectivity index (χ2v) is 18.1. The second kappa shape index (κ2) is 56.4. The summed E-state index contributed by atoms with van der Waals surface area (Å²) in [5, 5.41) is 0. The number of allylic oxidation sites excluding steroid dienone is 20. The van der Waals surface area contributed by atoms with Crippen LogP contribution in [0, 0.1) is 0 Å². The topological polar surface area (TPSA) is 78.9 Å². The minimum atomic E-state index is -0.809. The van der Waals surface area contributed by atoms with Gasteiger partial charge >= 0.3 is 17.9 Å². The molecule has 0 aromatic carbocycles. The van der Waals surface area contributed by atoms with Crippen molar-refractivity contribution in [3.05, 3.63) is 122 Å². The van der Waals surface area contributed by atoms with E-state index in [4.69, 9.17) is 14.2 Å². The first kappa shape index (κ1) is 64.8. The third-order valence-electron chi connectivity index (χ3n) is 11.5. The molecule has 0 aromatic rings. The number of rotatable bonds is 49. The Kier molecular flexibility index (Phi) is 53.0. The Bertz CT molecular complexity index is 1470. The van der Waals surface area contributed by atoms with Crippen molar-refractivity contribution in [2.75, 3.05) is 13.2 Å². The number of ether oxygens (including phenoxy) is 3. The number of esters is 3. The molecule has 0 spiro atoms. The van der Waals surface area contributed by atoms with Crippen LogP contribution in [0.25, 0.3) is 0 Å². The molecule has 0 fully saturated rings. The zero-order chi connectivity index (χ0) is 50.0. The SMILES string of the molecule is CC/C=C\C/C=C\C/C=C\C/C=C\C/C=C\C/C=C\C/C=C\CCCC(=O)OCC(COC(=O)CCCCCCCCC)OC(=O)CCCCCCCC/C=C\C/C=C\C/C=C\CCCCCCC. The lowest BCUT2D eigenvalue weighted by Gasteiger charge is -2.18. The fourth-order valence-electron chi connectivity index (χ4n) is 7.26.